The molecular formula is C16H13ClN6OS. The fraction of sp³-hybridized carbons (Fsp3) is 0.188. The molecule has 3 aromatic heterocycles. The summed E-state index contributed by atoms with van der Waals surface area (Å²) in [6.07, 6.45) is 0. The summed E-state index contributed by atoms with van der Waals surface area (Å²) in [6, 6.07) is 9.33. The van der Waals surface area contributed by atoms with E-state index in [1.54, 1.807) is 12.1 Å². The third kappa shape index (κ3) is 3.22. The van der Waals surface area contributed by atoms with E-state index in [-0.39, 0.29) is 0 Å². The van der Waals surface area contributed by atoms with Crippen LogP contribution in [0, 0.1) is 13.8 Å². The van der Waals surface area contributed by atoms with Crippen molar-refractivity contribution in [2.75, 3.05) is 0 Å². The molecule has 0 fully saturated rings. The normalized spacial score (nSPS) is 11.3. The van der Waals surface area contributed by atoms with Crippen molar-refractivity contribution in [2.45, 2.75) is 24.8 Å². The van der Waals surface area contributed by atoms with Crippen LogP contribution in [0.4, 0.5) is 0 Å². The third-order valence-electron chi connectivity index (χ3n) is 3.54. The second-order valence-corrected chi connectivity index (χ2v) is 6.85. The van der Waals surface area contributed by atoms with Crippen LogP contribution in [-0.2, 0) is 5.75 Å². The van der Waals surface area contributed by atoms with Gasteiger partial charge < -0.3 is 4.52 Å². The number of aryl methyl sites for hydroxylation is 2. The Labute approximate surface area is 152 Å². The average Bonchev–Trinajstić information content (AvgIpc) is 3.19. The Morgan fingerprint density at radius 3 is 2.88 bits per heavy atom. The smallest absolute Gasteiger partial charge is 0.256 e. The van der Waals surface area contributed by atoms with Gasteiger partial charge in [-0.25, -0.2) is 4.98 Å². The molecule has 0 atom stereocenters. The molecule has 3 heterocycles. The first-order chi connectivity index (χ1) is 12.1. The molecule has 0 amide bonds. The highest BCUT2D eigenvalue weighted by Gasteiger charge is 2.14. The predicted octanol–water partition coefficient (Wildman–Crippen LogP) is 3.74. The first-order valence-corrected chi connectivity index (χ1v) is 8.87. The molecule has 9 heteroatoms. The topological polar surface area (TPSA) is 82.0 Å². The molecule has 0 aliphatic heterocycles. The number of nitrogens with zero attached hydrogens (tertiary/aromatic N) is 6. The van der Waals surface area contributed by atoms with Crippen molar-refractivity contribution in [3.63, 3.8) is 0 Å². The first kappa shape index (κ1) is 16.0. The molecule has 0 N–H and O–H groups in total. The molecule has 25 heavy (non-hydrogen) atoms. The van der Waals surface area contributed by atoms with Gasteiger partial charge in [-0.2, -0.15) is 4.98 Å². The molecule has 7 nitrogen and oxygen atoms in total. The lowest BCUT2D eigenvalue weighted by atomic mass is 10.2. The Kier molecular flexibility index (Phi) is 4.14. The van der Waals surface area contributed by atoms with Crippen LogP contribution in [-0.4, -0.2) is 29.7 Å². The third-order valence-corrected chi connectivity index (χ3v) is 4.69. The lowest BCUT2D eigenvalue weighted by Gasteiger charge is -2.02. The summed E-state index contributed by atoms with van der Waals surface area (Å²) in [7, 11) is 0. The number of hydrogen-bond donors (Lipinski definition) is 0. The zero-order chi connectivity index (χ0) is 17.4. The summed E-state index contributed by atoms with van der Waals surface area (Å²) in [4.78, 5) is 8.78. The van der Waals surface area contributed by atoms with Crippen LogP contribution >= 0.6 is 23.4 Å². The minimum Gasteiger partial charge on any atom is -0.338 e. The van der Waals surface area contributed by atoms with Crippen molar-refractivity contribution in [1.82, 2.24) is 29.7 Å². The summed E-state index contributed by atoms with van der Waals surface area (Å²) >= 11 is 7.47. The minimum atomic E-state index is 0.488. The van der Waals surface area contributed by atoms with Gasteiger partial charge in [0.2, 0.25) is 11.7 Å². The molecule has 0 aliphatic carbocycles. The number of fused-ring (bicyclic) bond motifs is 1. The summed E-state index contributed by atoms with van der Waals surface area (Å²) in [5.74, 6) is 2.10. The molecule has 0 unspecified atom stereocenters. The van der Waals surface area contributed by atoms with Crippen molar-refractivity contribution in [1.29, 1.82) is 0 Å². The zero-order valence-electron chi connectivity index (χ0n) is 13.5. The van der Waals surface area contributed by atoms with Crippen LogP contribution in [0.3, 0.4) is 0 Å². The van der Waals surface area contributed by atoms with E-state index in [4.69, 9.17) is 16.1 Å². The largest absolute Gasteiger partial charge is 0.338 e. The monoisotopic (exact) mass is 372 g/mol. The maximum atomic E-state index is 6.00. The fourth-order valence-electron chi connectivity index (χ4n) is 2.48. The molecular weight excluding hydrogens is 360 g/mol. The van der Waals surface area contributed by atoms with Crippen LogP contribution in [0.15, 0.2) is 40.0 Å². The second-order valence-electron chi connectivity index (χ2n) is 5.47. The average molecular weight is 373 g/mol. The van der Waals surface area contributed by atoms with Gasteiger partial charge in [0.25, 0.3) is 5.78 Å². The van der Waals surface area contributed by atoms with Crippen molar-refractivity contribution in [3.8, 4) is 11.4 Å². The summed E-state index contributed by atoms with van der Waals surface area (Å²) in [6.45, 7) is 3.93. The van der Waals surface area contributed by atoms with E-state index >= 15 is 0 Å². The quantitative estimate of drug-likeness (QED) is 0.504. The van der Waals surface area contributed by atoms with Gasteiger partial charge in [-0.3, -0.25) is 4.40 Å². The maximum absolute atomic E-state index is 6.00. The van der Waals surface area contributed by atoms with Gasteiger partial charge in [0.05, 0.1) is 5.75 Å². The summed E-state index contributed by atoms with van der Waals surface area (Å²) < 4.78 is 7.23. The van der Waals surface area contributed by atoms with Crippen LogP contribution in [0.5, 0.6) is 0 Å². The Hall–Kier alpha value is -2.45. The number of aromatic nitrogens is 6. The highest BCUT2D eigenvalue weighted by atomic mass is 35.5. The van der Waals surface area contributed by atoms with E-state index in [1.807, 2.05) is 36.4 Å². The van der Waals surface area contributed by atoms with Gasteiger partial charge in [-0.15, -0.1) is 10.2 Å². The molecule has 4 aromatic rings. The molecule has 0 saturated carbocycles. The van der Waals surface area contributed by atoms with Gasteiger partial charge in [-0.1, -0.05) is 40.7 Å². The minimum absolute atomic E-state index is 0.488. The van der Waals surface area contributed by atoms with Crippen molar-refractivity contribution < 1.29 is 4.52 Å². The first-order valence-electron chi connectivity index (χ1n) is 7.51. The number of halogens is 1. The molecule has 0 saturated heterocycles. The Morgan fingerprint density at radius 1 is 1.16 bits per heavy atom. The lowest BCUT2D eigenvalue weighted by Crippen LogP contribution is -1.97. The Morgan fingerprint density at radius 2 is 2.04 bits per heavy atom. The van der Waals surface area contributed by atoms with Gasteiger partial charge in [0.1, 0.15) is 0 Å². The molecule has 4 rings (SSSR count). The van der Waals surface area contributed by atoms with Crippen LogP contribution in [0.2, 0.25) is 5.02 Å². The van der Waals surface area contributed by atoms with Crippen LogP contribution in [0.25, 0.3) is 17.2 Å². The van der Waals surface area contributed by atoms with E-state index in [9.17, 15) is 0 Å². The van der Waals surface area contributed by atoms with E-state index in [1.165, 1.54) is 11.8 Å². The summed E-state index contributed by atoms with van der Waals surface area (Å²) in [5.41, 5.74) is 2.76. The molecule has 126 valence electrons. The van der Waals surface area contributed by atoms with E-state index in [2.05, 4.69) is 25.3 Å². The summed E-state index contributed by atoms with van der Waals surface area (Å²) in [5, 5.41) is 13.7. The van der Waals surface area contributed by atoms with Gasteiger partial charge in [0, 0.05) is 22.0 Å². The Bertz CT molecular complexity index is 1060. The molecule has 1 aromatic carbocycles. The maximum Gasteiger partial charge on any atom is 0.256 e. The van der Waals surface area contributed by atoms with Crippen molar-refractivity contribution in [3.05, 3.63) is 52.6 Å². The van der Waals surface area contributed by atoms with Crippen LogP contribution in [0.1, 0.15) is 17.3 Å². The van der Waals surface area contributed by atoms with Gasteiger partial charge in [0.15, 0.2) is 5.16 Å². The number of hydrogen-bond acceptors (Lipinski definition) is 7. The highest BCUT2D eigenvalue weighted by molar-refractivity contribution is 7.98. The molecule has 0 spiro atoms. The lowest BCUT2D eigenvalue weighted by molar-refractivity contribution is 0.391. The zero-order valence-corrected chi connectivity index (χ0v) is 15.0. The second kappa shape index (κ2) is 6.45. The van der Waals surface area contributed by atoms with E-state index < -0.39 is 0 Å². The molecule has 0 aliphatic rings. The van der Waals surface area contributed by atoms with E-state index in [0.29, 0.717) is 28.3 Å². The number of benzene rings is 1. The van der Waals surface area contributed by atoms with E-state index in [0.717, 1.165) is 22.1 Å². The SMILES string of the molecule is Cc1cc(C)n2c(SCc3nc(-c4cccc(Cl)c4)no3)nnc2n1. The highest BCUT2D eigenvalue weighted by Crippen LogP contribution is 2.24. The van der Waals surface area contributed by atoms with Crippen LogP contribution < -0.4 is 0 Å². The molecule has 0 radical (unpaired) electrons. The fourth-order valence-corrected chi connectivity index (χ4v) is 3.49. The Balaban J connectivity index is 1.55. The van der Waals surface area contributed by atoms with Gasteiger partial charge in [-0.05, 0) is 32.0 Å². The predicted molar refractivity (Wildman–Crippen MR) is 94.6 cm³/mol. The molecule has 0 bridgehead atoms. The van der Waals surface area contributed by atoms with Crippen molar-refractivity contribution in [2.24, 2.45) is 0 Å². The standard InChI is InChI=1S/C16H13ClN6OS/c1-9-6-10(2)23-15(18-9)20-21-16(23)25-8-13-19-14(22-24-13)11-4-3-5-12(17)7-11/h3-7H,8H2,1-2H3. The van der Waals surface area contributed by atoms with Gasteiger partial charge >= 0.3 is 0 Å². The number of rotatable bonds is 4. The number of thioether (sulfide) groups is 1. The van der Waals surface area contributed by atoms with Crippen molar-refractivity contribution >= 4 is 29.1 Å².